The van der Waals surface area contributed by atoms with Crippen LogP contribution in [-0.2, 0) is 0 Å². The van der Waals surface area contributed by atoms with Crippen LogP contribution in [0.25, 0.3) is 5.65 Å². The Morgan fingerprint density at radius 1 is 1.38 bits per heavy atom. The van der Waals surface area contributed by atoms with Crippen LogP contribution in [0, 0.1) is 0 Å². The first kappa shape index (κ1) is 11.6. The fraction of sp³-hybridized carbons (Fsp3) is 0.444. The second-order valence-electron chi connectivity index (χ2n) is 3.63. The van der Waals surface area contributed by atoms with Crippen molar-refractivity contribution in [2.45, 2.75) is 18.9 Å². The Morgan fingerprint density at radius 2 is 2.25 bits per heavy atom. The van der Waals surface area contributed by atoms with Crippen LogP contribution in [0.1, 0.15) is 24.7 Å². The molecule has 0 spiro atoms. The zero-order chi connectivity index (χ0) is 10.3. The van der Waals surface area contributed by atoms with Crippen molar-refractivity contribution < 1.29 is 0 Å². The lowest BCUT2D eigenvalue weighted by Gasteiger charge is -2.06. The summed E-state index contributed by atoms with van der Waals surface area (Å²) in [6.07, 6.45) is 2.25. The average molecular weight is 260 g/mol. The predicted molar refractivity (Wildman–Crippen MR) is 63.0 cm³/mol. The Balaban J connectivity index is 0.000000963. The normalized spacial score (nSPS) is 19.9. The maximum atomic E-state index is 5.85. The topological polar surface area (TPSA) is 55.1 Å². The van der Waals surface area contributed by atoms with E-state index in [0.29, 0.717) is 5.15 Å². The minimum Gasteiger partial charge on any atom is -0.307 e. The highest BCUT2D eigenvalue weighted by Crippen LogP contribution is 2.21. The molecule has 3 rings (SSSR count). The van der Waals surface area contributed by atoms with Gasteiger partial charge in [-0.05, 0) is 31.5 Å². The second-order valence-corrected chi connectivity index (χ2v) is 4.02. The summed E-state index contributed by atoms with van der Waals surface area (Å²) in [6.45, 7) is 1.03. The van der Waals surface area contributed by atoms with Gasteiger partial charge in [-0.25, -0.2) is 0 Å². The van der Waals surface area contributed by atoms with Crippen LogP contribution in [0.3, 0.4) is 0 Å². The van der Waals surface area contributed by atoms with E-state index < -0.39 is 0 Å². The highest BCUT2D eigenvalue weighted by molar-refractivity contribution is 6.29. The molecule has 2 aromatic rings. The van der Waals surface area contributed by atoms with Crippen LogP contribution in [-0.4, -0.2) is 26.4 Å². The van der Waals surface area contributed by atoms with Gasteiger partial charge in [0.05, 0.1) is 6.04 Å². The summed E-state index contributed by atoms with van der Waals surface area (Å²) >= 11 is 5.85. The fourth-order valence-electron chi connectivity index (χ4n) is 1.91. The first-order chi connectivity index (χ1) is 7.34. The molecule has 0 bridgehead atoms. The summed E-state index contributed by atoms with van der Waals surface area (Å²) < 4.78 is 1.71. The highest BCUT2D eigenvalue weighted by atomic mass is 35.5. The molecule has 1 unspecified atom stereocenters. The van der Waals surface area contributed by atoms with Gasteiger partial charge >= 0.3 is 0 Å². The van der Waals surface area contributed by atoms with E-state index in [1.807, 2.05) is 6.07 Å². The number of rotatable bonds is 1. The largest absolute Gasteiger partial charge is 0.307 e. The molecule has 1 fully saturated rings. The van der Waals surface area contributed by atoms with Crippen molar-refractivity contribution in [3.63, 3.8) is 0 Å². The molecule has 1 aliphatic heterocycles. The van der Waals surface area contributed by atoms with Crippen LogP contribution in [0.4, 0.5) is 0 Å². The summed E-state index contributed by atoms with van der Waals surface area (Å²) in [5.41, 5.74) is 0.739. The van der Waals surface area contributed by atoms with E-state index in [1.54, 1.807) is 10.6 Å². The van der Waals surface area contributed by atoms with E-state index in [1.165, 1.54) is 6.42 Å². The van der Waals surface area contributed by atoms with Crippen LogP contribution in [0.5, 0.6) is 0 Å². The number of hydrogen-bond donors (Lipinski definition) is 1. The Labute approximate surface area is 104 Å². The van der Waals surface area contributed by atoms with Crippen LogP contribution in [0.15, 0.2) is 12.1 Å². The van der Waals surface area contributed by atoms with Crippen molar-refractivity contribution in [3.8, 4) is 0 Å². The number of hydrogen-bond acceptors (Lipinski definition) is 4. The monoisotopic (exact) mass is 259 g/mol. The molecule has 7 heteroatoms. The number of halogens is 2. The van der Waals surface area contributed by atoms with E-state index in [9.17, 15) is 0 Å². The zero-order valence-electron chi connectivity index (χ0n) is 8.43. The molecule has 1 aliphatic rings. The predicted octanol–water partition coefficient (Wildman–Crippen LogP) is 1.62. The maximum Gasteiger partial charge on any atom is 0.178 e. The molecule has 1 atom stereocenters. The van der Waals surface area contributed by atoms with Gasteiger partial charge in [0.25, 0.3) is 0 Å². The summed E-state index contributed by atoms with van der Waals surface area (Å²) in [6, 6.07) is 3.80. The minimum atomic E-state index is 0. The quantitative estimate of drug-likeness (QED) is 0.846. The molecule has 1 saturated heterocycles. The third kappa shape index (κ3) is 1.86. The van der Waals surface area contributed by atoms with Gasteiger partial charge in [-0.1, -0.05) is 11.6 Å². The Bertz CT molecular complexity index is 492. The van der Waals surface area contributed by atoms with Crippen molar-refractivity contribution >= 4 is 29.7 Å². The first-order valence-electron chi connectivity index (χ1n) is 4.96. The van der Waals surface area contributed by atoms with E-state index in [-0.39, 0.29) is 18.4 Å². The molecule has 2 aromatic heterocycles. The van der Waals surface area contributed by atoms with E-state index in [4.69, 9.17) is 11.6 Å². The lowest BCUT2D eigenvalue weighted by Crippen LogP contribution is -2.16. The first-order valence-corrected chi connectivity index (χ1v) is 5.33. The van der Waals surface area contributed by atoms with E-state index in [0.717, 1.165) is 24.4 Å². The van der Waals surface area contributed by atoms with Gasteiger partial charge in [0.15, 0.2) is 11.5 Å². The third-order valence-electron chi connectivity index (χ3n) is 2.63. The zero-order valence-corrected chi connectivity index (χ0v) is 10.0. The third-order valence-corrected chi connectivity index (χ3v) is 2.83. The van der Waals surface area contributed by atoms with Gasteiger partial charge in [-0.3, -0.25) is 0 Å². The molecule has 0 radical (unpaired) electrons. The van der Waals surface area contributed by atoms with Gasteiger partial charge in [-0.2, -0.15) is 9.61 Å². The molecular weight excluding hydrogens is 249 g/mol. The summed E-state index contributed by atoms with van der Waals surface area (Å²) in [4.78, 5) is 0. The standard InChI is InChI=1S/C9H10ClN5.ClH/c10-7-3-4-8-12-13-9(15(8)14-7)6-2-1-5-11-6;/h3-4,6,11H,1-2,5H2;1H. The molecule has 0 aromatic carbocycles. The number of nitrogens with one attached hydrogen (secondary N) is 1. The summed E-state index contributed by atoms with van der Waals surface area (Å²) in [7, 11) is 0. The van der Waals surface area contributed by atoms with Crippen molar-refractivity contribution in [2.75, 3.05) is 6.54 Å². The lowest BCUT2D eigenvalue weighted by atomic mass is 10.2. The summed E-state index contributed by atoms with van der Waals surface area (Å²) in [5, 5.41) is 16.2. The summed E-state index contributed by atoms with van der Waals surface area (Å²) in [5.74, 6) is 0.852. The lowest BCUT2D eigenvalue weighted by molar-refractivity contribution is 0.584. The van der Waals surface area contributed by atoms with E-state index in [2.05, 4.69) is 20.6 Å². The molecule has 1 N–H and O–H groups in total. The number of aromatic nitrogens is 4. The Morgan fingerprint density at radius 3 is 3.00 bits per heavy atom. The van der Waals surface area contributed by atoms with Gasteiger partial charge in [-0.15, -0.1) is 22.6 Å². The maximum absolute atomic E-state index is 5.85. The molecule has 86 valence electrons. The molecule has 16 heavy (non-hydrogen) atoms. The van der Waals surface area contributed by atoms with Crippen LogP contribution < -0.4 is 5.32 Å². The van der Waals surface area contributed by atoms with Gasteiger partial charge in [0.1, 0.15) is 5.15 Å². The number of nitrogens with zero attached hydrogens (tertiary/aromatic N) is 4. The molecule has 0 aliphatic carbocycles. The highest BCUT2D eigenvalue weighted by Gasteiger charge is 2.22. The van der Waals surface area contributed by atoms with Gasteiger partial charge < -0.3 is 5.32 Å². The molecule has 3 heterocycles. The van der Waals surface area contributed by atoms with Crippen molar-refractivity contribution in [1.29, 1.82) is 0 Å². The minimum absolute atomic E-state index is 0. The molecular formula is C9H11Cl2N5. The SMILES string of the molecule is Cl.Clc1ccc2nnc(C3CCCN3)n2n1. The van der Waals surface area contributed by atoms with Gasteiger partial charge in [0, 0.05) is 0 Å². The van der Waals surface area contributed by atoms with Crippen molar-refractivity contribution in [2.24, 2.45) is 0 Å². The fourth-order valence-corrected chi connectivity index (χ4v) is 2.04. The second kappa shape index (κ2) is 4.53. The Kier molecular flexibility index (Phi) is 3.28. The van der Waals surface area contributed by atoms with Crippen molar-refractivity contribution in [1.82, 2.24) is 25.1 Å². The molecule has 0 amide bonds. The van der Waals surface area contributed by atoms with E-state index >= 15 is 0 Å². The number of fused-ring (bicyclic) bond motifs is 1. The smallest absolute Gasteiger partial charge is 0.178 e. The van der Waals surface area contributed by atoms with Gasteiger partial charge in [0.2, 0.25) is 0 Å². The van der Waals surface area contributed by atoms with Crippen LogP contribution >= 0.6 is 24.0 Å². The molecule has 5 nitrogen and oxygen atoms in total. The average Bonchev–Trinajstić information content (AvgIpc) is 2.83. The van der Waals surface area contributed by atoms with Crippen LogP contribution in [0.2, 0.25) is 5.15 Å². The molecule has 0 saturated carbocycles. The van der Waals surface area contributed by atoms with Crippen molar-refractivity contribution in [3.05, 3.63) is 23.1 Å². The Hall–Kier alpha value is -0.910.